The zero-order chi connectivity index (χ0) is 14.4. The molecule has 1 unspecified atom stereocenters. The molecular weight excluding hydrogens is 272 g/mol. The first-order chi connectivity index (χ1) is 9.65. The Labute approximate surface area is 121 Å². The maximum Gasteiger partial charge on any atom is 0.234 e. The molecule has 0 bridgehead atoms. The molecule has 1 aromatic carbocycles. The Bertz CT molecular complexity index is 576. The van der Waals surface area contributed by atoms with Crippen molar-refractivity contribution in [3.05, 3.63) is 53.9 Å². The molecule has 1 atom stereocenters. The van der Waals surface area contributed by atoms with E-state index in [1.807, 2.05) is 24.3 Å². The summed E-state index contributed by atoms with van der Waals surface area (Å²) in [6.45, 7) is 0. The van der Waals surface area contributed by atoms with Crippen molar-refractivity contribution in [3.63, 3.8) is 0 Å². The second-order valence-corrected chi connectivity index (χ2v) is 5.30. The molecule has 1 heterocycles. The number of thioether (sulfide) groups is 1. The Morgan fingerprint density at radius 3 is 2.60 bits per heavy atom. The Hall–Kier alpha value is -1.92. The molecular formula is C14H16N4OS. The quantitative estimate of drug-likeness (QED) is 0.613. The average molecular weight is 288 g/mol. The molecule has 0 saturated heterocycles. The average Bonchev–Trinajstić information content (AvgIpc) is 2.46. The lowest BCUT2D eigenvalue weighted by Crippen LogP contribution is -2.38. The van der Waals surface area contributed by atoms with E-state index in [0.717, 1.165) is 22.0 Å². The number of rotatable bonds is 6. The number of aromatic nitrogens is 2. The molecule has 0 saturated carbocycles. The Morgan fingerprint density at radius 2 is 1.90 bits per heavy atom. The number of benzene rings is 1. The summed E-state index contributed by atoms with van der Waals surface area (Å²) in [5.74, 6) is 0.284. The second-order valence-electron chi connectivity index (χ2n) is 4.35. The molecule has 4 N–H and O–H groups in total. The minimum atomic E-state index is -0.643. The standard InChI is InChI=1S/C14H16N4OS/c15-12(13(16)19)8-10-3-1-4-11(7-10)9-20-14-17-5-2-6-18-14/h1-7,12H,8-9,15H2,(H2,16,19). The molecule has 0 aliphatic rings. The summed E-state index contributed by atoms with van der Waals surface area (Å²) in [5.41, 5.74) is 13.0. The van der Waals surface area contributed by atoms with Gasteiger partial charge in [0.05, 0.1) is 6.04 Å². The van der Waals surface area contributed by atoms with Gasteiger partial charge in [-0.15, -0.1) is 0 Å². The number of hydrogen-bond acceptors (Lipinski definition) is 5. The Kier molecular flexibility index (Phi) is 5.09. The lowest BCUT2D eigenvalue weighted by molar-refractivity contribution is -0.119. The van der Waals surface area contributed by atoms with Crippen LogP contribution in [0, 0.1) is 0 Å². The number of nitrogens with zero attached hydrogens (tertiary/aromatic N) is 2. The van der Waals surface area contributed by atoms with Gasteiger partial charge < -0.3 is 11.5 Å². The number of hydrogen-bond donors (Lipinski definition) is 2. The Balaban J connectivity index is 1.97. The third-order valence-electron chi connectivity index (χ3n) is 2.72. The van der Waals surface area contributed by atoms with Crippen LogP contribution in [0.5, 0.6) is 0 Å². The minimum absolute atomic E-state index is 0.454. The van der Waals surface area contributed by atoms with Crippen molar-refractivity contribution < 1.29 is 4.79 Å². The molecule has 0 radical (unpaired) electrons. The smallest absolute Gasteiger partial charge is 0.234 e. The van der Waals surface area contributed by atoms with Gasteiger partial charge in [-0.25, -0.2) is 9.97 Å². The van der Waals surface area contributed by atoms with E-state index in [2.05, 4.69) is 9.97 Å². The molecule has 0 aliphatic heterocycles. The zero-order valence-corrected chi connectivity index (χ0v) is 11.7. The molecule has 20 heavy (non-hydrogen) atoms. The largest absolute Gasteiger partial charge is 0.368 e. The van der Waals surface area contributed by atoms with Crippen molar-refractivity contribution in [1.82, 2.24) is 9.97 Å². The van der Waals surface area contributed by atoms with E-state index in [0.29, 0.717) is 6.42 Å². The number of nitrogens with two attached hydrogens (primary N) is 2. The summed E-state index contributed by atoms with van der Waals surface area (Å²) >= 11 is 1.56. The molecule has 0 spiro atoms. The lowest BCUT2D eigenvalue weighted by Gasteiger charge is -2.08. The molecule has 5 nitrogen and oxygen atoms in total. The summed E-state index contributed by atoms with van der Waals surface area (Å²) in [6.07, 6.45) is 3.89. The van der Waals surface area contributed by atoms with Crippen LogP contribution in [0.1, 0.15) is 11.1 Å². The van der Waals surface area contributed by atoms with Crippen LogP contribution in [0.15, 0.2) is 47.9 Å². The number of carbonyl (C=O) groups is 1. The van der Waals surface area contributed by atoms with Crippen molar-refractivity contribution in [3.8, 4) is 0 Å². The first kappa shape index (κ1) is 14.5. The highest BCUT2D eigenvalue weighted by molar-refractivity contribution is 7.98. The van der Waals surface area contributed by atoms with E-state index in [1.54, 1.807) is 30.2 Å². The predicted octanol–water partition coefficient (Wildman–Crippen LogP) is 1.12. The SMILES string of the molecule is NC(=O)C(N)Cc1cccc(CSc2ncccn2)c1. The van der Waals surface area contributed by atoms with Gasteiger partial charge in [0.25, 0.3) is 0 Å². The van der Waals surface area contributed by atoms with E-state index in [9.17, 15) is 4.79 Å². The van der Waals surface area contributed by atoms with Crippen LogP contribution in [0.3, 0.4) is 0 Å². The van der Waals surface area contributed by atoms with E-state index in [1.165, 1.54) is 0 Å². The molecule has 6 heteroatoms. The molecule has 0 fully saturated rings. The summed E-state index contributed by atoms with van der Waals surface area (Å²) in [6, 6.07) is 9.08. The third-order valence-corrected chi connectivity index (χ3v) is 3.67. The molecule has 1 aromatic heterocycles. The monoisotopic (exact) mass is 288 g/mol. The van der Waals surface area contributed by atoms with Gasteiger partial charge in [-0.2, -0.15) is 0 Å². The van der Waals surface area contributed by atoms with Gasteiger partial charge in [0.15, 0.2) is 5.16 Å². The summed E-state index contributed by atoms with van der Waals surface area (Å²) in [7, 11) is 0. The van der Waals surface area contributed by atoms with Crippen LogP contribution < -0.4 is 11.5 Å². The van der Waals surface area contributed by atoms with Gasteiger partial charge >= 0.3 is 0 Å². The van der Waals surface area contributed by atoms with Crippen molar-refractivity contribution >= 4 is 17.7 Å². The number of carbonyl (C=O) groups excluding carboxylic acids is 1. The van der Waals surface area contributed by atoms with Gasteiger partial charge in [-0.05, 0) is 23.6 Å². The molecule has 0 aliphatic carbocycles. The van der Waals surface area contributed by atoms with Crippen LogP contribution in [0.2, 0.25) is 0 Å². The lowest BCUT2D eigenvalue weighted by atomic mass is 10.0. The number of primary amides is 1. The maximum atomic E-state index is 11.0. The van der Waals surface area contributed by atoms with E-state index >= 15 is 0 Å². The van der Waals surface area contributed by atoms with Gasteiger partial charge in [-0.3, -0.25) is 4.79 Å². The van der Waals surface area contributed by atoms with Crippen molar-refractivity contribution in [1.29, 1.82) is 0 Å². The van der Waals surface area contributed by atoms with Gasteiger partial charge in [0, 0.05) is 18.1 Å². The van der Waals surface area contributed by atoms with Gasteiger partial charge in [0.2, 0.25) is 5.91 Å². The molecule has 104 valence electrons. The first-order valence-electron chi connectivity index (χ1n) is 6.17. The van der Waals surface area contributed by atoms with Crippen molar-refractivity contribution in [2.45, 2.75) is 23.4 Å². The molecule has 2 aromatic rings. The van der Waals surface area contributed by atoms with E-state index in [-0.39, 0.29) is 0 Å². The number of amides is 1. The van der Waals surface area contributed by atoms with Crippen LogP contribution >= 0.6 is 11.8 Å². The van der Waals surface area contributed by atoms with Crippen LogP contribution in [-0.2, 0) is 17.0 Å². The van der Waals surface area contributed by atoms with Gasteiger partial charge in [0.1, 0.15) is 0 Å². The fourth-order valence-corrected chi connectivity index (χ4v) is 2.45. The normalized spacial score (nSPS) is 12.1. The first-order valence-corrected chi connectivity index (χ1v) is 7.16. The van der Waals surface area contributed by atoms with Crippen molar-refractivity contribution in [2.75, 3.05) is 0 Å². The van der Waals surface area contributed by atoms with Crippen LogP contribution in [0.4, 0.5) is 0 Å². The van der Waals surface area contributed by atoms with E-state index in [4.69, 9.17) is 11.5 Å². The highest BCUT2D eigenvalue weighted by Crippen LogP contribution is 2.19. The molecule has 2 rings (SSSR count). The fourth-order valence-electron chi connectivity index (χ4n) is 1.71. The fraction of sp³-hybridized carbons (Fsp3) is 0.214. The molecule has 1 amide bonds. The van der Waals surface area contributed by atoms with E-state index < -0.39 is 11.9 Å². The second kappa shape index (κ2) is 7.02. The maximum absolute atomic E-state index is 11.0. The third kappa shape index (κ3) is 4.32. The minimum Gasteiger partial charge on any atom is -0.368 e. The summed E-state index contributed by atoms with van der Waals surface area (Å²) < 4.78 is 0. The van der Waals surface area contributed by atoms with Crippen LogP contribution in [0.25, 0.3) is 0 Å². The van der Waals surface area contributed by atoms with Crippen molar-refractivity contribution in [2.24, 2.45) is 11.5 Å². The predicted molar refractivity (Wildman–Crippen MR) is 78.9 cm³/mol. The zero-order valence-electron chi connectivity index (χ0n) is 10.9. The Morgan fingerprint density at radius 1 is 1.20 bits per heavy atom. The van der Waals surface area contributed by atoms with Gasteiger partial charge in [-0.1, -0.05) is 36.0 Å². The summed E-state index contributed by atoms with van der Waals surface area (Å²) in [5, 5.41) is 0.742. The van der Waals surface area contributed by atoms with Crippen LogP contribution in [-0.4, -0.2) is 21.9 Å². The highest BCUT2D eigenvalue weighted by atomic mass is 32.2. The topological polar surface area (TPSA) is 94.9 Å². The summed E-state index contributed by atoms with van der Waals surface area (Å²) in [4.78, 5) is 19.3. The highest BCUT2D eigenvalue weighted by Gasteiger charge is 2.10.